The van der Waals surface area contributed by atoms with Gasteiger partial charge in [0.2, 0.25) is 5.91 Å². The number of nitriles is 2. The average molecular weight is 338 g/mol. The summed E-state index contributed by atoms with van der Waals surface area (Å²) >= 11 is 1.16. The number of nitrogen functional groups attached to an aromatic ring is 1. The minimum atomic E-state index is -0.191. The molecule has 1 aromatic carbocycles. The first-order valence-corrected chi connectivity index (χ1v) is 8.09. The first-order chi connectivity index (χ1) is 11.4. The topological polar surface area (TPSA) is 117 Å². The SMILES string of the molecule is Cc1ccc(NC(=O)CSc2[nH+]c(N)c(C#N)cc2C#N)cc1C. The minimum Gasteiger partial charge on any atom is -0.325 e. The third-order valence-electron chi connectivity index (χ3n) is 3.45. The van der Waals surface area contributed by atoms with Gasteiger partial charge in [0.25, 0.3) is 5.82 Å². The van der Waals surface area contributed by atoms with Gasteiger partial charge in [0.1, 0.15) is 23.3 Å². The van der Waals surface area contributed by atoms with Crippen LogP contribution in [0.5, 0.6) is 0 Å². The Bertz CT molecular complexity index is 880. The van der Waals surface area contributed by atoms with E-state index in [1.165, 1.54) is 6.07 Å². The molecule has 0 saturated heterocycles. The van der Waals surface area contributed by atoms with Crippen LogP contribution in [0.15, 0.2) is 29.3 Å². The first kappa shape index (κ1) is 17.3. The molecule has 24 heavy (non-hydrogen) atoms. The van der Waals surface area contributed by atoms with Gasteiger partial charge in [-0.25, -0.2) is 4.98 Å². The van der Waals surface area contributed by atoms with Crippen molar-refractivity contribution in [2.45, 2.75) is 18.9 Å². The van der Waals surface area contributed by atoms with E-state index in [-0.39, 0.29) is 28.6 Å². The lowest BCUT2D eigenvalue weighted by atomic mass is 10.1. The highest BCUT2D eigenvalue weighted by Crippen LogP contribution is 2.21. The number of pyridine rings is 1. The fourth-order valence-corrected chi connectivity index (χ4v) is 2.78. The van der Waals surface area contributed by atoms with E-state index in [9.17, 15) is 4.79 Å². The van der Waals surface area contributed by atoms with Crippen molar-refractivity contribution in [2.24, 2.45) is 0 Å². The van der Waals surface area contributed by atoms with Gasteiger partial charge in [0.05, 0.1) is 5.75 Å². The van der Waals surface area contributed by atoms with E-state index < -0.39 is 0 Å². The zero-order chi connectivity index (χ0) is 17.7. The van der Waals surface area contributed by atoms with Crippen molar-refractivity contribution in [2.75, 3.05) is 16.8 Å². The lowest BCUT2D eigenvalue weighted by Gasteiger charge is -2.07. The Morgan fingerprint density at radius 1 is 1.21 bits per heavy atom. The fourth-order valence-electron chi connectivity index (χ4n) is 1.99. The number of hydrogen-bond donors (Lipinski definition) is 2. The lowest BCUT2D eigenvalue weighted by Crippen LogP contribution is -2.19. The summed E-state index contributed by atoms with van der Waals surface area (Å²) in [5, 5.41) is 21.4. The van der Waals surface area contributed by atoms with Gasteiger partial charge in [0, 0.05) is 5.69 Å². The van der Waals surface area contributed by atoms with Crippen LogP contribution in [0.2, 0.25) is 0 Å². The third kappa shape index (κ3) is 4.03. The molecule has 1 aromatic heterocycles. The molecule has 2 aromatic rings. The van der Waals surface area contributed by atoms with E-state index in [2.05, 4.69) is 10.3 Å². The van der Waals surface area contributed by atoms with Crippen LogP contribution < -0.4 is 16.0 Å². The van der Waals surface area contributed by atoms with Gasteiger partial charge < -0.3 is 5.32 Å². The molecule has 0 bridgehead atoms. The molecule has 4 N–H and O–H groups in total. The predicted molar refractivity (Wildman–Crippen MR) is 92.1 cm³/mol. The van der Waals surface area contributed by atoms with Gasteiger partial charge in [-0.3, -0.25) is 10.5 Å². The number of carbonyl (C=O) groups is 1. The number of anilines is 2. The van der Waals surface area contributed by atoms with E-state index in [1.807, 2.05) is 44.2 Å². The van der Waals surface area contributed by atoms with Crippen LogP contribution in [0.1, 0.15) is 22.3 Å². The second-order valence-electron chi connectivity index (χ2n) is 5.20. The van der Waals surface area contributed by atoms with E-state index >= 15 is 0 Å². The Kier molecular flexibility index (Phi) is 5.41. The number of H-pyrrole nitrogens is 1. The second-order valence-corrected chi connectivity index (χ2v) is 6.18. The average Bonchev–Trinajstić information content (AvgIpc) is 2.56. The van der Waals surface area contributed by atoms with Crippen molar-refractivity contribution in [1.82, 2.24) is 0 Å². The summed E-state index contributed by atoms with van der Waals surface area (Å²) in [6.45, 7) is 3.98. The number of thioether (sulfide) groups is 1. The maximum Gasteiger partial charge on any atom is 0.289 e. The van der Waals surface area contributed by atoms with E-state index in [0.717, 1.165) is 28.6 Å². The molecule has 0 aliphatic carbocycles. The number of nitrogens with zero attached hydrogens (tertiary/aromatic N) is 2. The molecule has 0 aliphatic rings. The summed E-state index contributed by atoms with van der Waals surface area (Å²) in [6.07, 6.45) is 0. The summed E-state index contributed by atoms with van der Waals surface area (Å²) in [5.41, 5.74) is 9.18. The predicted octanol–water partition coefficient (Wildman–Crippen LogP) is 2.17. The highest BCUT2D eigenvalue weighted by Gasteiger charge is 2.16. The molecule has 0 unspecified atom stereocenters. The molecule has 0 radical (unpaired) electrons. The molecular formula is C17H16N5OS+. The van der Waals surface area contributed by atoms with Gasteiger partial charge in [-0.1, -0.05) is 17.8 Å². The number of aryl methyl sites for hydroxylation is 2. The van der Waals surface area contributed by atoms with E-state index in [0.29, 0.717) is 5.03 Å². The molecule has 120 valence electrons. The molecule has 0 aliphatic heterocycles. The molecule has 6 nitrogen and oxygen atoms in total. The van der Waals surface area contributed by atoms with Crippen LogP contribution in [0.25, 0.3) is 0 Å². The number of nitrogens with one attached hydrogen (secondary N) is 2. The van der Waals surface area contributed by atoms with Gasteiger partial charge in [-0.2, -0.15) is 10.5 Å². The first-order valence-electron chi connectivity index (χ1n) is 7.10. The van der Waals surface area contributed by atoms with Crippen molar-refractivity contribution in [3.8, 4) is 12.1 Å². The summed E-state index contributed by atoms with van der Waals surface area (Å²) in [7, 11) is 0. The smallest absolute Gasteiger partial charge is 0.289 e. The zero-order valence-electron chi connectivity index (χ0n) is 13.3. The number of carbonyl (C=O) groups excluding carboxylic acids is 1. The largest absolute Gasteiger partial charge is 0.325 e. The quantitative estimate of drug-likeness (QED) is 0.829. The summed E-state index contributed by atoms with van der Waals surface area (Å²) in [6, 6.07) is 11.0. The van der Waals surface area contributed by atoms with E-state index in [4.69, 9.17) is 16.3 Å². The molecule has 0 saturated carbocycles. The van der Waals surface area contributed by atoms with Crippen LogP contribution in [-0.4, -0.2) is 11.7 Å². The Balaban J connectivity index is 2.06. The number of hydrogen-bond acceptors (Lipinski definition) is 5. The van der Waals surface area contributed by atoms with Crippen molar-refractivity contribution < 1.29 is 9.78 Å². The summed E-state index contributed by atoms with van der Waals surface area (Å²) in [4.78, 5) is 14.9. The van der Waals surface area contributed by atoms with Gasteiger partial charge in [-0.05, 0) is 43.2 Å². The monoisotopic (exact) mass is 338 g/mol. The third-order valence-corrected chi connectivity index (χ3v) is 4.47. The molecule has 1 amide bonds. The number of amides is 1. The number of rotatable bonds is 4. The lowest BCUT2D eigenvalue weighted by molar-refractivity contribution is -0.410. The maximum atomic E-state index is 12.1. The maximum absolute atomic E-state index is 12.1. The molecule has 7 heteroatoms. The Labute approximate surface area is 144 Å². The van der Waals surface area contributed by atoms with Crippen LogP contribution in [-0.2, 0) is 4.79 Å². The van der Waals surface area contributed by atoms with Crippen LogP contribution in [0.4, 0.5) is 11.5 Å². The highest BCUT2D eigenvalue weighted by molar-refractivity contribution is 7.99. The van der Waals surface area contributed by atoms with Gasteiger partial charge >= 0.3 is 0 Å². The van der Waals surface area contributed by atoms with E-state index in [1.54, 1.807) is 0 Å². The Hall–Kier alpha value is -3.03. The van der Waals surface area contributed by atoms with Crippen LogP contribution in [0.3, 0.4) is 0 Å². The zero-order valence-corrected chi connectivity index (χ0v) is 14.1. The molecule has 0 fully saturated rings. The van der Waals surface area contributed by atoms with Gasteiger partial charge in [0.15, 0.2) is 5.03 Å². The second kappa shape index (κ2) is 7.49. The summed E-state index contributed by atoms with van der Waals surface area (Å²) in [5.74, 6) is 0.0979. The van der Waals surface area contributed by atoms with Crippen LogP contribution in [0, 0.1) is 36.5 Å². The minimum absolute atomic E-state index is 0.115. The van der Waals surface area contributed by atoms with Crippen molar-refractivity contribution in [3.05, 3.63) is 46.5 Å². The van der Waals surface area contributed by atoms with Crippen molar-refractivity contribution in [3.63, 3.8) is 0 Å². The summed E-state index contributed by atoms with van der Waals surface area (Å²) < 4.78 is 0. The fraction of sp³-hybridized carbons (Fsp3) is 0.176. The van der Waals surface area contributed by atoms with Gasteiger partial charge in [-0.15, -0.1) is 0 Å². The normalized spacial score (nSPS) is 9.83. The number of nitrogens with two attached hydrogens (primary N) is 1. The van der Waals surface area contributed by atoms with Crippen LogP contribution >= 0.6 is 11.8 Å². The molecule has 1 heterocycles. The number of benzene rings is 1. The Morgan fingerprint density at radius 3 is 2.54 bits per heavy atom. The molecular weight excluding hydrogens is 322 g/mol. The molecule has 0 spiro atoms. The molecule has 0 atom stereocenters. The number of aromatic amines is 1. The standard InChI is InChI=1S/C17H15N5OS/c1-10-3-4-14(5-11(10)2)21-15(23)9-24-17-13(8-19)6-12(7-18)16(20)22-17/h3-6H,9H2,1-2H3,(H2,20,22)(H,21,23)/p+1. The molecule has 2 rings (SSSR count). The van der Waals surface area contributed by atoms with Crippen molar-refractivity contribution in [1.29, 1.82) is 10.5 Å². The Morgan fingerprint density at radius 2 is 1.92 bits per heavy atom. The highest BCUT2D eigenvalue weighted by atomic mass is 32.2. The number of aromatic nitrogens is 1. The van der Waals surface area contributed by atoms with Crippen molar-refractivity contribution >= 4 is 29.2 Å².